The van der Waals surface area contributed by atoms with Gasteiger partial charge in [0.25, 0.3) is 0 Å². The standard InChI is InChI=1S/C42H36N4O/c1-42(2,3)30-22-23-43-41(26-30)46-39-19-10-9-18-37(39)35-16-7-8-17-36(35)38-21-20-34(28-40(38)46)47-33-15-11-14-32(27-33)45-25-24-44(29-45)31-12-5-4-6-13-31/h4-28H,29H2,1-3H3. The number of pyridine rings is 1. The first-order chi connectivity index (χ1) is 22.9. The van der Waals surface area contributed by atoms with Gasteiger partial charge in [0.05, 0.1) is 18.0 Å². The van der Waals surface area contributed by atoms with Crippen molar-refractivity contribution in [1.29, 1.82) is 0 Å². The highest BCUT2D eigenvalue weighted by Crippen LogP contribution is 2.51. The minimum absolute atomic E-state index is 0.0204. The highest BCUT2D eigenvalue weighted by atomic mass is 16.5. The number of nitrogens with zero attached hydrogens (tertiary/aromatic N) is 4. The van der Waals surface area contributed by atoms with Crippen LogP contribution in [0.4, 0.5) is 28.6 Å². The molecule has 0 aliphatic carbocycles. The van der Waals surface area contributed by atoms with Crippen LogP contribution in [0.2, 0.25) is 0 Å². The molecule has 0 bridgehead atoms. The van der Waals surface area contributed by atoms with Crippen LogP contribution >= 0.6 is 0 Å². The van der Waals surface area contributed by atoms with E-state index in [4.69, 9.17) is 9.72 Å². The van der Waals surface area contributed by atoms with E-state index >= 15 is 0 Å². The van der Waals surface area contributed by atoms with Crippen molar-refractivity contribution >= 4 is 28.6 Å². The van der Waals surface area contributed by atoms with E-state index in [2.05, 4.69) is 163 Å². The maximum atomic E-state index is 6.62. The molecule has 0 atom stereocenters. The molecular weight excluding hydrogens is 576 g/mol. The Labute approximate surface area is 276 Å². The van der Waals surface area contributed by atoms with Gasteiger partial charge in [-0.25, -0.2) is 4.98 Å². The first-order valence-corrected chi connectivity index (χ1v) is 16.1. The Hall–Kier alpha value is -5.81. The van der Waals surface area contributed by atoms with Crippen molar-refractivity contribution in [1.82, 2.24) is 4.98 Å². The molecule has 5 nitrogen and oxygen atoms in total. The number of benzene rings is 5. The molecule has 0 unspecified atom stereocenters. The summed E-state index contributed by atoms with van der Waals surface area (Å²) < 4.78 is 6.62. The molecule has 6 aromatic rings. The normalized spacial score (nSPS) is 13.6. The summed E-state index contributed by atoms with van der Waals surface area (Å²) in [4.78, 5) is 11.7. The van der Waals surface area contributed by atoms with Gasteiger partial charge in [0.1, 0.15) is 17.3 Å². The van der Waals surface area contributed by atoms with Gasteiger partial charge in [0.15, 0.2) is 0 Å². The number of hydrogen-bond donors (Lipinski definition) is 0. The topological polar surface area (TPSA) is 31.8 Å². The van der Waals surface area contributed by atoms with Crippen molar-refractivity contribution in [3.8, 4) is 33.8 Å². The Balaban J connectivity index is 1.19. The molecule has 47 heavy (non-hydrogen) atoms. The lowest BCUT2D eigenvalue weighted by Crippen LogP contribution is -2.24. The highest BCUT2D eigenvalue weighted by molar-refractivity contribution is 6.02. The fraction of sp³-hybridized carbons (Fsp3) is 0.119. The van der Waals surface area contributed by atoms with E-state index in [1.54, 1.807) is 0 Å². The quantitative estimate of drug-likeness (QED) is 0.193. The smallest absolute Gasteiger partial charge is 0.137 e. The van der Waals surface area contributed by atoms with Gasteiger partial charge in [0, 0.05) is 53.2 Å². The summed E-state index contributed by atoms with van der Waals surface area (Å²) in [6, 6.07) is 46.7. The molecule has 5 heteroatoms. The fourth-order valence-electron chi connectivity index (χ4n) is 6.46. The van der Waals surface area contributed by atoms with Crippen LogP contribution in [0.3, 0.4) is 0 Å². The lowest BCUT2D eigenvalue weighted by atomic mass is 9.87. The molecule has 0 radical (unpaired) electrons. The van der Waals surface area contributed by atoms with Crippen LogP contribution in [0.25, 0.3) is 22.3 Å². The predicted molar refractivity (Wildman–Crippen MR) is 194 cm³/mol. The second-order valence-electron chi connectivity index (χ2n) is 13.0. The lowest BCUT2D eigenvalue weighted by molar-refractivity contribution is 0.483. The van der Waals surface area contributed by atoms with Crippen LogP contribution in [0, 0.1) is 0 Å². The zero-order valence-corrected chi connectivity index (χ0v) is 26.8. The number of para-hydroxylation sites is 2. The average molecular weight is 613 g/mol. The first-order valence-electron chi connectivity index (χ1n) is 16.1. The molecule has 230 valence electrons. The molecular formula is C42H36N4O. The second-order valence-corrected chi connectivity index (χ2v) is 13.0. The van der Waals surface area contributed by atoms with Crippen LogP contribution in [-0.4, -0.2) is 11.7 Å². The van der Waals surface area contributed by atoms with Gasteiger partial charge in [-0.05, 0) is 76.7 Å². The van der Waals surface area contributed by atoms with Crippen molar-refractivity contribution in [3.05, 3.63) is 158 Å². The minimum atomic E-state index is -0.0204. The largest absolute Gasteiger partial charge is 0.457 e. The molecule has 2 aliphatic heterocycles. The van der Waals surface area contributed by atoms with Crippen molar-refractivity contribution in [2.24, 2.45) is 0 Å². The zero-order chi connectivity index (χ0) is 32.0. The van der Waals surface area contributed by atoms with Crippen molar-refractivity contribution in [3.63, 3.8) is 0 Å². The summed E-state index contributed by atoms with van der Waals surface area (Å²) in [5.41, 5.74) is 10.2. The van der Waals surface area contributed by atoms with Gasteiger partial charge < -0.3 is 14.5 Å². The molecule has 0 fully saturated rings. The van der Waals surface area contributed by atoms with E-state index in [9.17, 15) is 0 Å². The average Bonchev–Trinajstić information content (AvgIpc) is 3.56. The second kappa shape index (κ2) is 11.5. The van der Waals surface area contributed by atoms with Crippen LogP contribution in [0.15, 0.2) is 152 Å². The van der Waals surface area contributed by atoms with E-state index in [-0.39, 0.29) is 5.41 Å². The SMILES string of the molecule is CC(C)(C)c1ccnc(N2c3ccccc3-c3ccccc3-c3ccc(Oc4cccc(N5C=CN(c6ccccc6)C5)c4)cc32)c1. The minimum Gasteiger partial charge on any atom is -0.457 e. The van der Waals surface area contributed by atoms with E-state index in [0.29, 0.717) is 0 Å². The molecule has 0 amide bonds. The number of anilines is 5. The number of hydrogen-bond acceptors (Lipinski definition) is 5. The van der Waals surface area contributed by atoms with E-state index in [0.717, 1.165) is 46.6 Å². The summed E-state index contributed by atoms with van der Waals surface area (Å²) in [5.74, 6) is 2.42. The molecule has 0 N–H and O–H groups in total. The Morgan fingerprint density at radius 3 is 1.96 bits per heavy atom. The highest BCUT2D eigenvalue weighted by Gasteiger charge is 2.28. The number of rotatable bonds is 5. The van der Waals surface area contributed by atoms with Gasteiger partial charge in [-0.15, -0.1) is 0 Å². The number of aromatic nitrogens is 1. The third-order valence-corrected chi connectivity index (χ3v) is 8.91. The summed E-state index contributed by atoms with van der Waals surface area (Å²) in [6.45, 7) is 7.46. The Bertz CT molecular complexity index is 2110. The van der Waals surface area contributed by atoms with E-state index < -0.39 is 0 Å². The predicted octanol–water partition coefficient (Wildman–Crippen LogP) is 11.0. The maximum absolute atomic E-state index is 6.62. The van der Waals surface area contributed by atoms with Crippen LogP contribution in [0.1, 0.15) is 26.3 Å². The maximum Gasteiger partial charge on any atom is 0.137 e. The lowest BCUT2D eigenvalue weighted by Gasteiger charge is -2.28. The molecule has 5 aromatic carbocycles. The van der Waals surface area contributed by atoms with E-state index in [1.807, 2.05) is 24.4 Å². The molecule has 2 aliphatic rings. The van der Waals surface area contributed by atoms with Gasteiger partial charge in [0.2, 0.25) is 0 Å². The first kappa shape index (κ1) is 28.6. The monoisotopic (exact) mass is 612 g/mol. The summed E-state index contributed by atoms with van der Waals surface area (Å²) >= 11 is 0. The Morgan fingerprint density at radius 1 is 0.553 bits per heavy atom. The molecule has 0 saturated carbocycles. The Morgan fingerprint density at radius 2 is 1.19 bits per heavy atom. The summed E-state index contributed by atoms with van der Waals surface area (Å²) in [6.07, 6.45) is 6.15. The van der Waals surface area contributed by atoms with Crippen LogP contribution in [0.5, 0.6) is 11.5 Å². The molecule has 0 spiro atoms. The van der Waals surface area contributed by atoms with Crippen LogP contribution < -0.4 is 19.4 Å². The fourth-order valence-corrected chi connectivity index (χ4v) is 6.46. The van der Waals surface area contributed by atoms with Gasteiger partial charge in [-0.3, -0.25) is 4.90 Å². The molecule has 0 saturated heterocycles. The zero-order valence-electron chi connectivity index (χ0n) is 26.8. The number of fused-ring (bicyclic) bond motifs is 5. The third-order valence-electron chi connectivity index (χ3n) is 8.91. The molecule has 1 aromatic heterocycles. The van der Waals surface area contributed by atoms with Gasteiger partial charge >= 0.3 is 0 Å². The van der Waals surface area contributed by atoms with Crippen LogP contribution in [-0.2, 0) is 5.41 Å². The molecule has 3 heterocycles. The summed E-state index contributed by atoms with van der Waals surface area (Å²) in [5, 5.41) is 0. The summed E-state index contributed by atoms with van der Waals surface area (Å²) in [7, 11) is 0. The van der Waals surface area contributed by atoms with Gasteiger partial charge in [-0.1, -0.05) is 87.5 Å². The van der Waals surface area contributed by atoms with Crippen molar-refractivity contribution in [2.45, 2.75) is 26.2 Å². The third kappa shape index (κ3) is 5.40. The Kier molecular flexibility index (Phi) is 7.02. The number of ether oxygens (including phenoxy) is 1. The van der Waals surface area contributed by atoms with Gasteiger partial charge in [-0.2, -0.15) is 0 Å². The molecule has 8 rings (SSSR count). The van der Waals surface area contributed by atoms with Crippen molar-refractivity contribution in [2.75, 3.05) is 21.4 Å². The van der Waals surface area contributed by atoms with E-state index in [1.165, 1.54) is 27.9 Å². The van der Waals surface area contributed by atoms with Crippen molar-refractivity contribution < 1.29 is 4.74 Å².